The molecule has 1 N–H and O–H groups in total. The van der Waals surface area contributed by atoms with E-state index >= 15 is 0 Å². The first-order valence-electron chi connectivity index (χ1n) is 6.96. The molecule has 1 aliphatic rings. The predicted octanol–water partition coefficient (Wildman–Crippen LogP) is 3.34. The number of nitrogens with zero attached hydrogens (tertiary/aromatic N) is 4. The lowest BCUT2D eigenvalue weighted by Crippen LogP contribution is -2.27. The van der Waals surface area contributed by atoms with Crippen LogP contribution in [0.4, 0.5) is 24.9 Å². The molecule has 0 spiro atoms. The van der Waals surface area contributed by atoms with Gasteiger partial charge in [-0.3, -0.25) is 0 Å². The monoisotopic (exact) mass is 387 g/mol. The van der Waals surface area contributed by atoms with Crippen molar-refractivity contribution in [3.05, 3.63) is 40.8 Å². The molecule has 1 fully saturated rings. The van der Waals surface area contributed by atoms with Gasteiger partial charge >= 0.3 is 6.18 Å². The van der Waals surface area contributed by atoms with E-state index in [0.29, 0.717) is 6.54 Å². The summed E-state index contributed by atoms with van der Waals surface area (Å²) in [4.78, 5) is 13.8. The molecular formula is C14H13BrF3N5. The maximum atomic E-state index is 12.7. The highest BCUT2D eigenvalue weighted by Gasteiger charge is 2.33. The fraction of sp³-hybridized carbons (Fsp3) is 0.357. The molecule has 5 nitrogen and oxygen atoms in total. The Hall–Kier alpha value is -1.90. The van der Waals surface area contributed by atoms with Crippen molar-refractivity contribution in [1.82, 2.24) is 15.0 Å². The van der Waals surface area contributed by atoms with E-state index in [1.54, 1.807) is 6.20 Å². The van der Waals surface area contributed by atoms with E-state index in [1.165, 1.54) is 0 Å². The highest BCUT2D eigenvalue weighted by Crippen LogP contribution is 2.29. The van der Waals surface area contributed by atoms with Crippen molar-refractivity contribution in [3.8, 4) is 0 Å². The van der Waals surface area contributed by atoms with E-state index in [4.69, 9.17) is 0 Å². The molecule has 0 saturated carbocycles. The lowest BCUT2D eigenvalue weighted by molar-refractivity contribution is -0.141. The van der Waals surface area contributed by atoms with Gasteiger partial charge in [-0.2, -0.15) is 13.2 Å². The summed E-state index contributed by atoms with van der Waals surface area (Å²) in [5.74, 6) is 0.813. The van der Waals surface area contributed by atoms with Gasteiger partial charge in [0.1, 0.15) is 11.5 Å². The number of hydrogen-bond acceptors (Lipinski definition) is 5. The van der Waals surface area contributed by atoms with Crippen molar-refractivity contribution in [3.63, 3.8) is 0 Å². The van der Waals surface area contributed by atoms with E-state index in [2.05, 4.69) is 41.1 Å². The van der Waals surface area contributed by atoms with Crippen LogP contribution in [0.5, 0.6) is 0 Å². The van der Waals surface area contributed by atoms with Crippen LogP contribution in [-0.4, -0.2) is 34.1 Å². The second-order valence-electron chi connectivity index (χ2n) is 5.15. The van der Waals surface area contributed by atoms with Crippen molar-refractivity contribution in [2.75, 3.05) is 23.3 Å². The number of aromatic nitrogens is 3. The van der Waals surface area contributed by atoms with Crippen LogP contribution in [0.25, 0.3) is 0 Å². The summed E-state index contributed by atoms with van der Waals surface area (Å²) < 4.78 is 38.9. The summed E-state index contributed by atoms with van der Waals surface area (Å²) >= 11 is 3.45. The summed E-state index contributed by atoms with van der Waals surface area (Å²) in [6.45, 7) is 1.38. The van der Waals surface area contributed by atoms with Crippen LogP contribution in [0.1, 0.15) is 12.1 Å². The lowest BCUT2D eigenvalue weighted by atomic mass is 10.3. The maximum Gasteiger partial charge on any atom is 0.433 e. The summed E-state index contributed by atoms with van der Waals surface area (Å²) in [7, 11) is 0. The van der Waals surface area contributed by atoms with Crippen LogP contribution >= 0.6 is 15.9 Å². The lowest BCUT2D eigenvalue weighted by Gasteiger charge is -2.19. The van der Waals surface area contributed by atoms with Crippen LogP contribution in [0.2, 0.25) is 0 Å². The minimum absolute atomic E-state index is 0.00763. The van der Waals surface area contributed by atoms with Crippen molar-refractivity contribution in [2.45, 2.75) is 18.6 Å². The SMILES string of the molecule is FC(F)(F)c1ccnc(NC2CCN(c3ncccc3Br)C2)n1. The Morgan fingerprint density at radius 3 is 2.78 bits per heavy atom. The first-order valence-corrected chi connectivity index (χ1v) is 7.75. The Labute approximate surface area is 139 Å². The third-order valence-electron chi connectivity index (χ3n) is 3.51. The highest BCUT2D eigenvalue weighted by molar-refractivity contribution is 9.10. The van der Waals surface area contributed by atoms with Crippen molar-refractivity contribution >= 4 is 27.7 Å². The average Bonchev–Trinajstić information content (AvgIpc) is 2.95. The standard InChI is InChI=1S/C14H13BrF3N5/c15-10-2-1-5-19-12(10)23-7-4-9(8-23)21-13-20-6-3-11(22-13)14(16,17)18/h1-3,5-6,9H,4,7-8H2,(H,20,21,22). The summed E-state index contributed by atoms with van der Waals surface area (Å²) in [5, 5.41) is 2.97. The molecule has 2 aromatic heterocycles. The third-order valence-corrected chi connectivity index (χ3v) is 4.13. The first-order chi connectivity index (χ1) is 10.9. The number of pyridine rings is 1. The second kappa shape index (κ2) is 6.31. The second-order valence-corrected chi connectivity index (χ2v) is 6.00. The number of hydrogen-bond donors (Lipinski definition) is 1. The van der Waals surface area contributed by atoms with Crippen LogP contribution in [0.3, 0.4) is 0 Å². The van der Waals surface area contributed by atoms with Crippen molar-refractivity contribution in [2.24, 2.45) is 0 Å². The van der Waals surface area contributed by atoms with Gasteiger partial charge in [-0.25, -0.2) is 15.0 Å². The molecule has 1 unspecified atom stereocenters. The first kappa shape index (κ1) is 16.0. The topological polar surface area (TPSA) is 53.9 Å². The van der Waals surface area contributed by atoms with Gasteiger partial charge in [-0.05, 0) is 40.5 Å². The average molecular weight is 388 g/mol. The molecule has 23 heavy (non-hydrogen) atoms. The number of halogens is 4. The van der Waals surface area contributed by atoms with Gasteiger partial charge in [0.15, 0.2) is 0 Å². The molecule has 3 heterocycles. The summed E-state index contributed by atoms with van der Waals surface area (Å²) in [5.41, 5.74) is -0.947. The molecular weight excluding hydrogens is 375 g/mol. The molecule has 2 aromatic rings. The minimum Gasteiger partial charge on any atom is -0.354 e. The molecule has 1 atom stereocenters. The molecule has 3 rings (SSSR count). The Morgan fingerprint density at radius 2 is 2.04 bits per heavy atom. The predicted molar refractivity (Wildman–Crippen MR) is 83.2 cm³/mol. The highest BCUT2D eigenvalue weighted by atomic mass is 79.9. The van der Waals surface area contributed by atoms with Gasteiger partial charge in [-0.1, -0.05) is 0 Å². The van der Waals surface area contributed by atoms with E-state index in [9.17, 15) is 13.2 Å². The molecule has 122 valence electrons. The zero-order valence-corrected chi connectivity index (χ0v) is 13.5. The fourth-order valence-electron chi connectivity index (χ4n) is 2.45. The van der Waals surface area contributed by atoms with E-state index < -0.39 is 11.9 Å². The number of rotatable bonds is 3. The van der Waals surface area contributed by atoms with Crippen LogP contribution in [0.15, 0.2) is 35.1 Å². The van der Waals surface area contributed by atoms with Gasteiger partial charge in [0.05, 0.1) is 4.47 Å². The Morgan fingerprint density at radius 1 is 1.22 bits per heavy atom. The van der Waals surface area contributed by atoms with Gasteiger partial charge in [-0.15, -0.1) is 0 Å². The third kappa shape index (κ3) is 3.72. The van der Waals surface area contributed by atoms with Crippen molar-refractivity contribution < 1.29 is 13.2 Å². The Balaban J connectivity index is 1.68. The molecule has 0 aliphatic carbocycles. The molecule has 0 aromatic carbocycles. The zero-order chi connectivity index (χ0) is 16.4. The number of alkyl halides is 3. The Kier molecular flexibility index (Phi) is 4.38. The largest absolute Gasteiger partial charge is 0.433 e. The molecule has 0 amide bonds. The van der Waals surface area contributed by atoms with Gasteiger partial charge in [0.25, 0.3) is 0 Å². The van der Waals surface area contributed by atoms with E-state index in [1.807, 2.05) is 12.1 Å². The Bertz CT molecular complexity index is 694. The zero-order valence-electron chi connectivity index (χ0n) is 11.9. The van der Waals surface area contributed by atoms with Crippen molar-refractivity contribution in [1.29, 1.82) is 0 Å². The number of nitrogens with one attached hydrogen (secondary N) is 1. The molecule has 1 aliphatic heterocycles. The summed E-state index contributed by atoms with van der Waals surface area (Å²) in [6, 6.07) is 4.55. The van der Waals surface area contributed by atoms with Crippen LogP contribution < -0.4 is 10.2 Å². The summed E-state index contributed by atoms with van der Waals surface area (Å²) in [6.07, 6.45) is -0.889. The van der Waals surface area contributed by atoms with E-state index in [-0.39, 0.29) is 12.0 Å². The molecule has 0 radical (unpaired) electrons. The molecule has 1 saturated heterocycles. The van der Waals surface area contributed by atoms with Gasteiger partial charge in [0.2, 0.25) is 5.95 Å². The van der Waals surface area contributed by atoms with Gasteiger partial charge < -0.3 is 10.2 Å². The van der Waals surface area contributed by atoms with Crippen LogP contribution in [0, 0.1) is 0 Å². The smallest absolute Gasteiger partial charge is 0.354 e. The van der Waals surface area contributed by atoms with Gasteiger partial charge in [0, 0.05) is 31.5 Å². The molecule has 0 bridgehead atoms. The number of anilines is 2. The van der Waals surface area contributed by atoms with Crippen LogP contribution in [-0.2, 0) is 6.18 Å². The minimum atomic E-state index is -4.47. The fourth-order valence-corrected chi connectivity index (χ4v) is 2.95. The van der Waals surface area contributed by atoms with E-state index in [0.717, 1.165) is 35.5 Å². The quantitative estimate of drug-likeness (QED) is 0.874. The molecule has 9 heteroatoms. The maximum absolute atomic E-state index is 12.7. The normalized spacial score (nSPS) is 18.3.